The molecule has 0 fully saturated rings. The highest BCUT2D eigenvalue weighted by atomic mass is 31.2. The Labute approximate surface area is 172 Å². The van der Waals surface area contributed by atoms with Crippen molar-refractivity contribution < 1.29 is 9.13 Å². The molecule has 2 aromatic heterocycles. The molecule has 30 heavy (non-hydrogen) atoms. The van der Waals surface area contributed by atoms with E-state index < -0.39 is 14.3 Å². The zero-order valence-electron chi connectivity index (χ0n) is 15.6. The lowest BCUT2D eigenvalue weighted by Crippen LogP contribution is -2.23. The van der Waals surface area contributed by atoms with Gasteiger partial charge in [-0.05, 0) is 11.1 Å². The summed E-state index contributed by atoms with van der Waals surface area (Å²) in [6, 6.07) is 14.9. The van der Waals surface area contributed by atoms with Gasteiger partial charge in [0.25, 0.3) is 0 Å². The van der Waals surface area contributed by atoms with Gasteiger partial charge in [-0.25, -0.2) is 9.97 Å². The highest BCUT2D eigenvalue weighted by molar-refractivity contribution is 7.96. The second-order valence-electron chi connectivity index (χ2n) is 7.08. The third kappa shape index (κ3) is 2.05. The molecule has 0 N–H and O–H groups in total. The summed E-state index contributed by atoms with van der Waals surface area (Å²) in [5.74, 6) is 0. The number of nitrogens with zero attached hydrogens (tertiary/aromatic N) is 4. The summed E-state index contributed by atoms with van der Waals surface area (Å²) in [5.41, 5.74) is 2.24. The smallest absolute Gasteiger partial charge is 0.192 e. The van der Waals surface area contributed by atoms with E-state index >= 15 is 0 Å². The molecule has 0 bridgehead atoms. The molecule has 2 atom stereocenters. The van der Waals surface area contributed by atoms with Crippen molar-refractivity contribution in [3.8, 4) is 0 Å². The summed E-state index contributed by atoms with van der Waals surface area (Å²) in [4.78, 5) is 17.1. The topological polar surface area (TPSA) is 85.7 Å². The molecule has 144 valence electrons. The van der Waals surface area contributed by atoms with Gasteiger partial charge >= 0.3 is 0 Å². The zero-order valence-corrected chi connectivity index (χ0v) is 17.4. The molecule has 0 saturated heterocycles. The summed E-state index contributed by atoms with van der Waals surface area (Å²) >= 11 is 0. The number of hydrogen-bond acceptors (Lipinski definition) is 6. The van der Waals surface area contributed by atoms with E-state index in [1.54, 1.807) is 37.2 Å². The van der Waals surface area contributed by atoms with Gasteiger partial charge in [0.1, 0.15) is 10.9 Å². The summed E-state index contributed by atoms with van der Waals surface area (Å²) in [6.07, 6.45) is 9.28. The fourth-order valence-corrected chi connectivity index (χ4v) is 11.3. The maximum Gasteiger partial charge on any atom is 0.192 e. The number of hydrogen-bond donors (Lipinski definition) is 0. The van der Waals surface area contributed by atoms with E-state index in [2.05, 4.69) is 19.9 Å². The lowest BCUT2D eigenvalue weighted by molar-refractivity contribution is 0.591. The van der Waals surface area contributed by atoms with Gasteiger partial charge < -0.3 is 9.13 Å². The molecule has 0 radical (unpaired) electrons. The molecule has 0 saturated carbocycles. The van der Waals surface area contributed by atoms with Crippen LogP contribution in [0, 0.1) is 0 Å². The van der Waals surface area contributed by atoms with Gasteiger partial charge in [-0.2, -0.15) is 0 Å². The molecule has 2 unspecified atom stereocenters. The molecule has 0 amide bonds. The largest absolute Gasteiger partial charge is 0.307 e. The summed E-state index contributed by atoms with van der Waals surface area (Å²) in [6.45, 7) is 0. The van der Waals surface area contributed by atoms with Gasteiger partial charge in [-0.3, -0.25) is 9.97 Å². The van der Waals surface area contributed by atoms with Gasteiger partial charge in [-0.15, -0.1) is 0 Å². The summed E-state index contributed by atoms with van der Waals surface area (Å²) < 4.78 is 29.6. The number of rotatable bonds is 2. The monoisotopic (exact) mass is 428 g/mol. The predicted octanol–water partition coefficient (Wildman–Crippen LogP) is 2.75. The van der Waals surface area contributed by atoms with E-state index in [0.717, 1.165) is 11.1 Å². The Morgan fingerprint density at radius 3 is 1.40 bits per heavy atom. The molecule has 2 aromatic carbocycles. The van der Waals surface area contributed by atoms with E-state index in [0.29, 0.717) is 32.1 Å². The lowest BCUT2D eigenvalue weighted by atomic mass is 10.1. The van der Waals surface area contributed by atoms with Gasteiger partial charge in [0.2, 0.25) is 0 Å². The van der Waals surface area contributed by atoms with Gasteiger partial charge in [0, 0.05) is 46.0 Å². The lowest BCUT2D eigenvalue weighted by Gasteiger charge is -2.20. The fraction of sp³-hybridized carbons (Fsp3) is 0. The van der Waals surface area contributed by atoms with Crippen molar-refractivity contribution in [2.24, 2.45) is 0 Å². The Morgan fingerprint density at radius 2 is 1.00 bits per heavy atom. The maximum atomic E-state index is 14.8. The van der Waals surface area contributed by atoms with Crippen LogP contribution >= 0.6 is 14.3 Å². The van der Waals surface area contributed by atoms with Crippen LogP contribution in [0.2, 0.25) is 0 Å². The first-order valence-electron chi connectivity index (χ1n) is 9.35. The molecular weight excluding hydrogens is 414 g/mol. The molecule has 6 nitrogen and oxygen atoms in total. The molecule has 0 spiro atoms. The SMILES string of the molecule is O=P1(c2cnccn2)C2=C(c3ccccc31)P(=O)(c1cnccn1)c1ccccc12. The third-order valence-electron chi connectivity index (χ3n) is 5.60. The second-order valence-corrected chi connectivity index (χ2v) is 12.3. The van der Waals surface area contributed by atoms with Crippen LogP contribution in [-0.2, 0) is 9.13 Å². The van der Waals surface area contributed by atoms with Crippen LogP contribution in [0.25, 0.3) is 10.6 Å². The van der Waals surface area contributed by atoms with Crippen LogP contribution in [0.1, 0.15) is 11.1 Å². The highest BCUT2D eigenvalue weighted by Crippen LogP contribution is 2.76. The van der Waals surface area contributed by atoms with Crippen molar-refractivity contribution in [2.75, 3.05) is 0 Å². The van der Waals surface area contributed by atoms with Crippen molar-refractivity contribution in [3.63, 3.8) is 0 Å². The normalized spacial score (nSPS) is 23.7. The third-order valence-corrected chi connectivity index (χ3v) is 11.8. The molecular formula is C22H14N4O2P2. The summed E-state index contributed by atoms with van der Waals surface area (Å²) in [7, 11) is -6.73. The predicted molar refractivity (Wildman–Crippen MR) is 118 cm³/mol. The molecule has 2 aliphatic heterocycles. The minimum atomic E-state index is -3.36. The minimum absolute atomic E-state index is 0.393. The second kappa shape index (κ2) is 6.15. The summed E-state index contributed by atoms with van der Waals surface area (Å²) in [5, 5.41) is 2.48. The highest BCUT2D eigenvalue weighted by Gasteiger charge is 2.56. The van der Waals surface area contributed by atoms with Crippen LogP contribution in [-0.4, -0.2) is 19.9 Å². The Kier molecular flexibility index (Phi) is 3.62. The Hall–Kier alpha value is -3.20. The van der Waals surface area contributed by atoms with Crippen molar-refractivity contribution in [2.45, 2.75) is 0 Å². The van der Waals surface area contributed by atoms with E-state index in [-0.39, 0.29) is 0 Å². The Morgan fingerprint density at radius 1 is 0.567 bits per heavy atom. The van der Waals surface area contributed by atoms with Crippen molar-refractivity contribution >= 4 is 46.4 Å². The Bertz CT molecular complexity index is 1340. The van der Waals surface area contributed by atoms with Gasteiger partial charge in [0.05, 0.1) is 12.4 Å². The van der Waals surface area contributed by atoms with Crippen molar-refractivity contribution in [1.29, 1.82) is 0 Å². The number of benzene rings is 2. The fourth-order valence-electron chi connectivity index (χ4n) is 4.41. The number of fused-ring (bicyclic) bond motifs is 4. The standard InChI is InChI=1S/C22H14N4O2P2/c27-29(19-13-23-9-11-25-19)17-7-3-1-5-15(17)21-22(29)16-6-2-4-8-18(16)30(21,28)20-14-24-10-12-26-20/h1-14H. The average Bonchev–Trinajstić information content (AvgIpc) is 3.26. The van der Waals surface area contributed by atoms with Crippen LogP contribution in [0.3, 0.4) is 0 Å². The first kappa shape index (κ1) is 17.6. The van der Waals surface area contributed by atoms with Crippen LogP contribution < -0.4 is 21.5 Å². The van der Waals surface area contributed by atoms with Crippen LogP contribution in [0.5, 0.6) is 0 Å². The van der Waals surface area contributed by atoms with E-state index in [4.69, 9.17) is 0 Å². The molecule has 2 aliphatic rings. The van der Waals surface area contributed by atoms with E-state index in [1.807, 2.05) is 48.5 Å². The zero-order chi connectivity index (χ0) is 20.3. The Balaban J connectivity index is 1.80. The number of aromatic nitrogens is 4. The first-order chi connectivity index (χ1) is 14.7. The van der Waals surface area contributed by atoms with Gasteiger partial charge in [0.15, 0.2) is 14.3 Å². The molecule has 4 aromatic rings. The minimum Gasteiger partial charge on any atom is -0.307 e. The molecule has 6 rings (SSSR count). The van der Waals surface area contributed by atoms with E-state index in [1.165, 1.54) is 0 Å². The van der Waals surface area contributed by atoms with Crippen LogP contribution in [0.4, 0.5) is 0 Å². The average molecular weight is 428 g/mol. The van der Waals surface area contributed by atoms with Crippen molar-refractivity contribution in [3.05, 3.63) is 96.8 Å². The quantitative estimate of drug-likeness (QED) is 0.457. The first-order valence-corrected chi connectivity index (χ1v) is 12.8. The molecule has 4 heterocycles. The van der Waals surface area contributed by atoms with Gasteiger partial charge in [-0.1, -0.05) is 48.5 Å². The molecule has 8 heteroatoms. The van der Waals surface area contributed by atoms with Crippen LogP contribution in [0.15, 0.2) is 85.7 Å². The van der Waals surface area contributed by atoms with E-state index in [9.17, 15) is 9.13 Å². The molecule has 0 aliphatic carbocycles. The van der Waals surface area contributed by atoms with Crippen molar-refractivity contribution in [1.82, 2.24) is 19.9 Å². The maximum absolute atomic E-state index is 14.8.